The van der Waals surface area contributed by atoms with E-state index in [1.165, 1.54) is 0 Å². The van der Waals surface area contributed by atoms with Gasteiger partial charge in [0.25, 0.3) is 5.56 Å². The summed E-state index contributed by atoms with van der Waals surface area (Å²) in [5.41, 5.74) is -1.16. The van der Waals surface area contributed by atoms with Gasteiger partial charge in [0, 0.05) is 12.3 Å². The molecule has 0 saturated carbocycles. The summed E-state index contributed by atoms with van der Waals surface area (Å²) in [7, 11) is 0. The second kappa shape index (κ2) is 2.78. The first-order valence-electron chi connectivity index (χ1n) is 2.67. The summed E-state index contributed by atoms with van der Waals surface area (Å²) < 4.78 is 0.807. The zero-order valence-electron chi connectivity index (χ0n) is 5.39. The maximum Gasteiger partial charge on any atom is 0.350 e. The molecule has 0 saturated heterocycles. The SMILES string of the molecule is NN=Nn1ccc(=O)[nH]c1=O. The summed E-state index contributed by atoms with van der Waals surface area (Å²) in [6.45, 7) is 0. The van der Waals surface area contributed by atoms with E-state index in [0.717, 1.165) is 16.9 Å². The standard InChI is InChI=1S/C4H5N5O2/c5-7-8-9-2-1-3(10)6-4(9)11/h1-2H,(H2,5,8)(H,6,10,11). The molecule has 58 valence electrons. The van der Waals surface area contributed by atoms with Crippen LogP contribution in [-0.4, -0.2) is 9.66 Å². The van der Waals surface area contributed by atoms with Crippen LogP contribution in [-0.2, 0) is 0 Å². The van der Waals surface area contributed by atoms with Gasteiger partial charge in [-0.05, 0) is 5.22 Å². The molecule has 0 unspecified atom stereocenters. The number of aromatic amines is 1. The van der Waals surface area contributed by atoms with Gasteiger partial charge in [-0.2, -0.15) is 4.68 Å². The third kappa shape index (κ3) is 1.51. The van der Waals surface area contributed by atoms with E-state index >= 15 is 0 Å². The highest BCUT2D eigenvalue weighted by molar-refractivity contribution is 4.81. The van der Waals surface area contributed by atoms with Crippen molar-refractivity contribution in [2.24, 2.45) is 16.3 Å². The number of nitrogens with zero attached hydrogens (tertiary/aromatic N) is 3. The lowest BCUT2D eigenvalue weighted by Crippen LogP contribution is -2.26. The minimum absolute atomic E-state index is 0.488. The molecule has 0 amide bonds. The van der Waals surface area contributed by atoms with Crippen molar-refractivity contribution in [3.05, 3.63) is 33.1 Å². The predicted octanol–water partition coefficient (Wildman–Crippen LogP) is -1.37. The van der Waals surface area contributed by atoms with Gasteiger partial charge in [0.05, 0.1) is 0 Å². The third-order valence-corrected chi connectivity index (χ3v) is 0.953. The maximum absolute atomic E-state index is 10.7. The average Bonchev–Trinajstić information content (AvgIpc) is 1.95. The van der Waals surface area contributed by atoms with E-state index in [1.54, 1.807) is 0 Å². The molecule has 0 radical (unpaired) electrons. The number of hydrogen-bond acceptors (Lipinski definition) is 4. The lowest BCUT2D eigenvalue weighted by atomic mass is 10.7. The average molecular weight is 155 g/mol. The number of aromatic nitrogens is 2. The molecule has 0 bridgehead atoms. The summed E-state index contributed by atoms with van der Waals surface area (Å²) in [5.74, 6) is 4.67. The molecule has 7 nitrogen and oxygen atoms in total. The third-order valence-electron chi connectivity index (χ3n) is 0.953. The van der Waals surface area contributed by atoms with E-state index in [2.05, 4.69) is 16.3 Å². The summed E-state index contributed by atoms with van der Waals surface area (Å²) >= 11 is 0. The van der Waals surface area contributed by atoms with Gasteiger partial charge in [0.15, 0.2) is 0 Å². The number of nitrogens with one attached hydrogen (secondary N) is 1. The highest BCUT2D eigenvalue weighted by Crippen LogP contribution is 1.72. The summed E-state index contributed by atoms with van der Waals surface area (Å²) in [4.78, 5) is 23.2. The van der Waals surface area contributed by atoms with Gasteiger partial charge in [-0.15, -0.1) is 0 Å². The molecule has 0 spiro atoms. The van der Waals surface area contributed by atoms with Gasteiger partial charge in [0.1, 0.15) is 0 Å². The van der Waals surface area contributed by atoms with Crippen molar-refractivity contribution in [3.63, 3.8) is 0 Å². The van der Waals surface area contributed by atoms with E-state index in [1.807, 2.05) is 4.98 Å². The van der Waals surface area contributed by atoms with Crippen LogP contribution in [0.5, 0.6) is 0 Å². The van der Waals surface area contributed by atoms with Gasteiger partial charge >= 0.3 is 5.69 Å². The van der Waals surface area contributed by atoms with Crippen LogP contribution < -0.4 is 17.1 Å². The largest absolute Gasteiger partial charge is 0.350 e. The van der Waals surface area contributed by atoms with Gasteiger partial charge in [0.2, 0.25) is 0 Å². The minimum Gasteiger partial charge on any atom is -0.303 e. The Morgan fingerprint density at radius 1 is 1.55 bits per heavy atom. The van der Waals surface area contributed by atoms with Crippen molar-refractivity contribution >= 4 is 0 Å². The van der Waals surface area contributed by atoms with Gasteiger partial charge in [-0.3, -0.25) is 9.78 Å². The Morgan fingerprint density at radius 3 is 2.82 bits per heavy atom. The Bertz CT molecular complexity index is 375. The number of rotatable bonds is 1. The highest BCUT2D eigenvalue weighted by atomic mass is 16.2. The molecule has 0 aliphatic heterocycles. The second-order valence-electron chi connectivity index (χ2n) is 1.66. The highest BCUT2D eigenvalue weighted by Gasteiger charge is 1.90. The van der Waals surface area contributed by atoms with Crippen molar-refractivity contribution in [2.45, 2.75) is 0 Å². The van der Waals surface area contributed by atoms with Crippen molar-refractivity contribution in [2.75, 3.05) is 0 Å². The fraction of sp³-hybridized carbons (Fsp3) is 0. The monoisotopic (exact) mass is 155 g/mol. The molecule has 3 N–H and O–H groups in total. The van der Waals surface area contributed by atoms with E-state index < -0.39 is 11.2 Å². The molecular weight excluding hydrogens is 150 g/mol. The summed E-state index contributed by atoms with van der Waals surface area (Å²) in [5, 5.41) is 6.05. The summed E-state index contributed by atoms with van der Waals surface area (Å²) in [6.07, 6.45) is 1.16. The van der Waals surface area contributed by atoms with E-state index in [0.29, 0.717) is 0 Å². The Kier molecular flexibility index (Phi) is 1.81. The lowest BCUT2D eigenvalue weighted by Gasteiger charge is -1.89. The molecule has 0 aliphatic rings. The molecule has 1 rings (SSSR count). The first kappa shape index (κ1) is 7.19. The van der Waals surface area contributed by atoms with Crippen LogP contribution in [0, 0.1) is 0 Å². The second-order valence-corrected chi connectivity index (χ2v) is 1.66. The van der Waals surface area contributed by atoms with Gasteiger partial charge < -0.3 is 5.84 Å². The molecule has 7 heteroatoms. The molecule has 0 atom stereocenters. The van der Waals surface area contributed by atoms with Crippen LogP contribution >= 0.6 is 0 Å². The molecule has 1 heterocycles. The molecule has 0 fully saturated rings. The van der Waals surface area contributed by atoms with Crippen LogP contribution in [0.15, 0.2) is 32.3 Å². The van der Waals surface area contributed by atoms with Gasteiger partial charge in [-0.1, -0.05) is 5.22 Å². The van der Waals surface area contributed by atoms with Gasteiger partial charge in [-0.25, -0.2) is 4.79 Å². The Balaban J connectivity index is 3.31. The molecule has 0 aromatic carbocycles. The van der Waals surface area contributed by atoms with Crippen LogP contribution in [0.4, 0.5) is 0 Å². The molecular formula is C4H5N5O2. The Labute approximate surface area is 60.1 Å². The van der Waals surface area contributed by atoms with Crippen molar-refractivity contribution in [3.8, 4) is 0 Å². The number of H-pyrrole nitrogens is 1. The first-order chi connectivity index (χ1) is 5.24. The minimum atomic E-state index is -0.674. The predicted molar refractivity (Wildman–Crippen MR) is 35.8 cm³/mol. The quantitative estimate of drug-likeness (QED) is 0.296. The normalized spacial score (nSPS) is 10.5. The van der Waals surface area contributed by atoms with Crippen LogP contribution in [0.3, 0.4) is 0 Å². The van der Waals surface area contributed by atoms with Crippen LogP contribution in [0.2, 0.25) is 0 Å². The fourth-order valence-corrected chi connectivity index (χ4v) is 0.536. The van der Waals surface area contributed by atoms with E-state index in [4.69, 9.17) is 0 Å². The number of nitrogens with two attached hydrogens (primary N) is 1. The van der Waals surface area contributed by atoms with E-state index in [9.17, 15) is 9.59 Å². The van der Waals surface area contributed by atoms with E-state index in [-0.39, 0.29) is 0 Å². The van der Waals surface area contributed by atoms with Crippen molar-refractivity contribution in [1.82, 2.24) is 9.66 Å². The lowest BCUT2D eigenvalue weighted by molar-refractivity contribution is 0.702. The van der Waals surface area contributed by atoms with Crippen LogP contribution in [0.25, 0.3) is 0 Å². The molecule has 1 aromatic rings. The zero-order chi connectivity index (χ0) is 8.27. The number of hydrogen-bond donors (Lipinski definition) is 2. The first-order valence-corrected chi connectivity index (χ1v) is 2.67. The smallest absolute Gasteiger partial charge is 0.303 e. The van der Waals surface area contributed by atoms with Crippen LogP contribution in [0.1, 0.15) is 0 Å². The fourth-order valence-electron chi connectivity index (χ4n) is 0.536. The van der Waals surface area contributed by atoms with Crippen molar-refractivity contribution < 1.29 is 0 Å². The Morgan fingerprint density at radius 2 is 2.27 bits per heavy atom. The topological polar surface area (TPSA) is 106 Å². The van der Waals surface area contributed by atoms with Crippen molar-refractivity contribution in [1.29, 1.82) is 0 Å². The zero-order valence-corrected chi connectivity index (χ0v) is 5.39. The molecule has 1 aromatic heterocycles. The molecule has 11 heavy (non-hydrogen) atoms. The maximum atomic E-state index is 10.7. The molecule has 0 aliphatic carbocycles. The Hall–Kier alpha value is -1.92. The summed E-state index contributed by atoms with van der Waals surface area (Å²) in [6, 6.07) is 1.14.